The fraction of sp³-hybridized carbons (Fsp3) is 0.390. The number of ether oxygens (including phenoxy) is 1. The molecule has 3 aliphatic carbocycles. The van der Waals surface area contributed by atoms with Crippen molar-refractivity contribution in [3.63, 3.8) is 0 Å². The molecule has 2 saturated carbocycles. The van der Waals surface area contributed by atoms with E-state index in [2.05, 4.69) is 122 Å². The molecule has 0 aromatic heterocycles. The van der Waals surface area contributed by atoms with Crippen LogP contribution in [-0.2, 0) is 91.6 Å². The molecule has 0 bridgehead atoms. The van der Waals surface area contributed by atoms with Crippen molar-refractivity contribution in [3.05, 3.63) is 249 Å². The van der Waals surface area contributed by atoms with E-state index < -0.39 is 208 Å². The summed E-state index contributed by atoms with van der Waals surface area (Å²) in [6.45, 7) is 2.21. The first-order valence-electron chi connectivity index (χ1n) is 34.1. The zero-order valence-corrected chi connectivity index (χ0v) is 60.2. The van der Waals surface area contributed by atoms with E-state index in [4.69, 9.17) is 14.3 Å². The van der Waals surface area contributed by atoms with Gasteiger partial charge in [0.05, 0.1) is 55.8 Å². The van der Waals surface area contributed by atoms with Gasteiger partial charge in [-0.25, -0.2) is 9.52 Å². The Balaban J connectivity index is 0.000000251. The Morgan fingerprint density at radius 2 is 0.617 bits per heavy atom. The zero-order valence-electron chi connectivity index (χ0n) is 56.8. The second-order valence-corrected chi connectivity index (χ2v) is 29.6. The first kappa shape index (κ1) is 85.5. The Morgan fingerprint density at radius 1 is 0.364 bits per heavy atom. The van der Waals surface area contributed by atoms with E-state index in [1.807, 2.05) is 0 Å². The molecular weight excluding hydrogens is 1660 g/mol. The molecule has 2 fully saturated rings. The smallest absolute Gasteiger partial charge is 0.416 e. The third-order valence-electron chi connectivity index (χ3n) is 19.4. The van der Waals surface area contributed by atoms with Crippen LogP contribution in [0, 0.1) is 0 Å². The molecule has 4 aliphatic rings. The topological polar surface area (TPSA) is 30.8 Å². The van der Waals surface area contributed by atoms with E-state index in [9.17, 15) is 105 Å². The third-order valence-corrected chi connectivity index (χ3v) is 22.8. The van der Waals surface area contributed by atoms with E-state index in [1.54, 1.807) is 0 Å². The van der Waals surface area contributed by atoms with Crippen LogP contribution in [0.25, 0.3) is 0 Å². The van der Waals surface area contributed by atoms with Crippen molar-refractivity contribution < 1.29 is 135 Å². The fourth-order valence-electron chi connectivity index (χ4n) is 14.5. The quantitative estimate of drug-likeness (QED) is 0.0470. The third kappa shape index (κ3) is 21.9. The number of benzene rings is 7. The monoisotopic (exact) mass is 1730 g/mol. The summed E-state index contributed by atoms with van der Waals surface area (Å²) in [5.74, 6) is 0.765. The maximum atomic E-state index is 14.2. The molecule has 0 N–H and O–H groups in total. The molecule has 581 valence electrons. The van der Waals surface area contributed by atoms with Crippen molar-refractivity contribution in [2.24, 2.45) is 4.99 Å². The molecule has 2 atom stereocenters. The summed E-state index contributed by atoms with van der Waals surface area (Å²) in [5.41, 5.74) is -25.5. The molecule has 3 nitrogen and oxygen atoms in total. The predicted molar refractivity (Wildman–Crippen MR) is 360 cm³/mol. The molecule has 30 heteroatoms. The number of nitrogens with zero attached hydrogens (tertiary/aromatic N) is 1. The normalized spacial score (nSPS) is 18.3. The van der Waals surface area contributed by atoms with Gasteiger partial charge in [0.15, 0.2) is 0 Å². The summed E-state index contributed by atoms with van der Waals surface area (Å²) < 4.78 is 355. The molecule has 0 saturated heterocycles. The zero-order chi connectivity index (χ0) is 77.5. The van der Waals surface area contributed by atoms with Crippen molar-refractivity contribution in [2.75, 3.05) is 0 Å². The predicted octanol–water partition coefficient (Wildman–Crippen LogP) is 23.1. The minimum Gasteiger partial charge on any atom is -0.472 e. The van der Waals surface area contributed by atoms with Crippen LogP contribution in [0.4, 0.5) is 105 Å². The number of rotatable bonds is 14. The SMILES string of the molecule is C1=C\CC/C=C\CC/1.C[C@@H]1OC(c2ccccc2)=N[C@@H]1C(Cc1ccccc1)(Cc1ccccc1)O[PH+](C1CCCCC1)C1CCCCC1.FC(F)(F)c1cc([B-](c2cc(C(F)(F)F)cc(C(F)(F)F)c2)(c2cc(C(F)(F)F)cc(C(F)(F)F)c2)c2cc(C(F)(F)F)cc(C(F)(F)F)c2)cc(C(F)(F)F)c1.[Ir]. The standard InChI is InChI=1S/C37H46NO2P.C32H12BF24.C8H12.Ir/c1-29-35(38-36(39-29)32-21-11-4-12-22-32)37(27-30-17-7-2-8-18-30,28-31-19-9-3-10-20-31)40-41(33-23-13-5-14-24-33)34-25-15-6-16-26-34;34-25(35,36)13-1-14(26(37,38)39)6-21(5-13)33(22-7-15(27(40,41)42)2-16(8-22)28(43,44)45,23-9-17(29(46,47)48)3-18(10-23)30(49,50)51)24-11-19(31(52,53)54)4-20(12-24)32(55,56)57;1-2-4-6-8-7-5-3-1;/h2-4,7-12,17-22,29,33-35H,5-6,13-16,23-28H2,1H3;1-12H;1-2,7-8H,3-6H2;/q;-1;;/p+1/b;;2-1-,8-7-;/t29-,35-;;;/m0.../s1. The van der Waals surface area contributed by atoms with Crippen molar-refractivity contribution >= 4 is 42.0 Å². The first-order valence-corrected chi connectivity index (χ1v) is 35.6. The van der Waals surface area contributed by atoms with Gasteiger partial charge in [0.25, 0.3) is 0 Å². The largest absolute Gasteiger partial charge is 0.472 e. The molecule has 7 aromatic rings. The molecule has 107 heavy (non-hydrogen) atoms. The summed E-state index contributed by atoms with van der Waals surface area (Å²) in [4.78, 5) is 5.43. The van der Waals surface area contributed by atoms with Crippen LogP contribution in [-0.4, -0.2) is 41.1 Å². The van der Waals surface area contributed by atoms with Crippen molar-refractivity contribution in [1.82, 2.24) is 0 Å². The van der Waals surface area contributed by atoms with Gasteiger partial charge >= 0.3 is 49.4 Å². The maximum absolute atomic E-state index is 14.2. The minimum atomic E-state index is -6.13. The fourth-order valence-corrected chi connectivity index (χ4v) is 18.2. The van der Waals surface area contributed by atoms with E-state index in [-0.39, 0.29) is 32.3 Å². The van der Waals surface area contributed by atoms with E-state index in [0.717, 1.165) is 35.6 Å². The van der Waals surface area contributed by atoms with E-state index >= 15 is 0 Å². The molecule has 1 heterocycles. The van der Waals surface area contributed by atoms with Gasteiger partial charge in [-0.3, -0.25) is 0 Å². The molecule has 0 spiro atoms. The average Bonchev–Trinajstić information content (AvgIpc) is 1.18. The van der Waals surface area contributed by atoms with Crippen LogP contribution in [0.2, 0.25) is 0 Å². The van der Waals surface area contributed by atoms with Gasteiger partial charge in [-0.2, -0.15) is 127 Å². The number of allylic oxidation sites excluding steroid dienone is 4. The van der Waals surface area contributed by atoms with Gasteiger partial charge in [-0.05, 0) is 131 Å². The van der Waals surface area contributed by atoms with E-state index in [1.165, 1.54) is 101 Å². The molecular formula is C77H71BF24IrNO2P. The summed E-state index contributed by atoms with van der Waals surface area (Å²) in [5, 5.41) is 0. The summed E-state index contributed by atoms with van der Waals surface area (Å²) in [6, 6.07) is 23.6. The van der Waals surface area contributed by atoms with Crippen molar-refractivity contribution in [2.45, 2.75) is 188 Å². The maximum Gasteiger partial charge on any atom is 0.416 e. The molecule has 1 radical (unpaired) electrons. The van der Waals surface area contributed by atoms with Crippen LogP contribution in [0.5, 0.6) is 0 Å². The van der Waals surface area contributed by atoms with Crippen LogP contribution in [0.3, 0.4) is 0 Å². The Hall–Kier alpha value is -7.09. The van der Waals surface area contributed by atoms with E-state index in [0.29, 0.717) is 0 Å². The van der Waals surface area contributed by atoms with Gasteiger partial charge in [0.1, 0.15) is 32.0 Å². The average molecular weight is 1730 g/mol. The second kappa shape index (κ2) is 34.4. The van der Waals surface area contributed by atoms with Crippen LogP contribution in [0.1, 0.15) is 158 Å². The summed E-state index contributed by atoms with van der Waals surface area (Å²) >= 11 is 0. The van der Waals surface area contributed by atoms with Gasteiger partial charge in [0.2, 0.25) is 5.90 Å². The van der Waals surface area contributed by atoms with Gasteiger partial charge in [-0.15, -0.1) is 0 Å². The number of halogens is 24. The Bertz CT molecular complexity index is 3630. The molecule has 7 aromatic carbocycles. The molecule has 0 unspecified atom stereocenters. The first-order chi connectivity index (χ1) is 49.5. The van der Waals surface area contributed by atoms with Crippen molar-refractivity contribution in [3.8, 4) is 0 Å². The van der Waals surface area contributed by atoms with Crippen LogP contribution < -0.4 is 21.9 Å². The minimum absolute atomic E-state index is 0. The van der Waals surface area contributed by atoms with Gasteiger partial charge in [0, 0.05) is 38.5 Å². The Morgan fingerprint density at radius 3 is 0.869 bits per heavy atom. The van der Waals surface area contributed by atoms with Gasteiger partial charge < -0.3 is 4.74 Å². The summed E-state index contributed by atoms with van der Waals surface area (Å²) in [7, 11) is -1.11. The Labute approximate surface area is 616 Å². The Kier molecular flexibility index (Phi) is 27.5. The molecule has 11 rings (SSSR count). The van der Waals surface area contributed by atoms with Gasteiger partial charge in [-0.1, -0.05) is 165 Å². The second-order valence-electron chi connectivity index (χ2n) is 27.0. The summed E-state index contributed by atoms with van der Waals surface area (Å²) in [6.07, 6.45) is -25.6. The van der Waals surface area contributed by atoms with Crippen molar-refractivity contribution in [1.29, 1.82) is 0 Å². The molecule has 1 aliphatic heterocycles. The number of hydrogen-bond acceptors (Lipinski definition) is 3. The number of aliphatic imine (C=N–C) groups is 1. The molecule has 0 amide bonds. The number of hydrogen-bond donors (Lipinski definition) is 0. The number of alkyl halides is 24. The van der Waals surface area contributed by atoms with Crippen LogP contribution >= 0.6 is 8.15 Å². The van der Waals surface area contributed by atoms with Crippen LogP contribution in [0.15, 0.2) is 193 Å².